The van der Waals surface area contributed by atoms with E-state index in [4.69, 9.17) is 15.9 Å². The first kappa shape index (κ1) is 16.4. The van der Waals surface area contributed by atoms with Crippen molar-refractivity contribution in [2.24, 2.45) is 5.73 Å². The molecule has 1 aromatic carbocycles. The molecule has 1 aromatic heterocycles. The van der Waals surface area contributed by atoms with Crippen molar-refractivity contribution in [1.29, 1.82) is 5.41 Å². The Balaban J connectivity index is 0.00000220. The summed E-state index contributed by atoms with van der Waals surface area (Å²) in [5, 5.41) is 18.1. The van der Waals surface area contributed by atoms with Gasteiger partial charge in [0.1, 0.15) is 12.4 Å². The van der Waals surface area contributed by atoms with Crippen LogP contribution in [0.15, 0.2) is 42.6 Å². The molecule has 0 aliphatic carbocycles. The fraction of sp³-hybridized carbons (Fsp3) is 0.0769. The number of hydrogen-bond donors (Lipinski definition) is 2. The third-order valence-electron chi connectivity index (χ3n) is 2.56. The third-order valence-corrected chi connectivity index (χ3v) is 2.56. The Labute approximate surface area is 126 Å². The lowest BCUT2D eigenvalue weighted by molar-refractivity contribution is -0.384. The van der Waals surface area contributed by atoms with Crippen molar-refractivity contribution in [3.05, 3.63) is 63.8 Å². The van der Waals surface area contributed by atoms with Gasteiger partial charge >= 0.3 is 0 Å². The molecule has 0 spiro atoms. The van der Waals surface area contributed by atoms with Gasteiger partial charge in [0.2, 0.25) is 5.88 Å². The maximum atomic E-state index is 10.7. The van der Waals surface area contributed by atoms with Crippen LogP contribution in [0.5, 0.6) is 5.88 Å². The predicted octanol–water partition coefficient (Wildman–Crippen LogP) is 2.27. The lowest BCUT2D eigenvalue weighted by Gasteiger charge is -2.08. The van der Waals surface area contributed by atoms with E-state index in [0.717, 1.165) is 0 Å². The van der Waals surface area contributed by atoms with Crippen LogP contribution in [0.1, 0.15) is 11.1 Å². The number of halogens is 1. The summed E-state index contributed by atoms with van der Waals surface area (Å²) in [6.45, 7) is 0.110. The fourth-order valence-electron chi connectivity index (χ4n) is 1.62. The summed E-state index contributed by atoms with van der Waals surface area (Å²) < 4.78 is 5.46. The number of benzene rings is 1. The van der Waals surface area contributed by atoms with Crippen LogP contribution in [0.25, 0.3) is 0 Å². The highest BCUT2D eigenvalue weighted by Gasteiger charge is 2.09. The first-order valence-corrected chi connectivity index (χ1v) is 5.73. The number of nitrogens with one attached hydrogen (secondary N) is 1. The smallest absolute Gasteiger partial charge is 0.269 e. The second-order valence-electron chi connectivity index (χ2n) is 3.99. The van der Waals surface area contributed by atoms with Gasteiger partial charge in [-0.2, -0.15) is 0 Å². The molecule has 0 bridgehead atoms. The quantitative estimate of drug-likeness (QED) is 0.380. The molecule has 21 heavy (non-hydrogen) atoms. The van der Waals surface area contributed by atoms with Gasteiger partial charge in [-0.05, 0) is 17.7 Å². The summed E-state index contributed by atoms with van der Waals surface area (Å²) in [6.07, 6.45) is 1.52. The average Bonchev–Trinajstić information content (AvgIpc) is 2.45. The van der Waals surface area contributed by atoms with E-state index in [1.807, 2.05) is 0 Å². The van der Waals surface area contributed by atoms with Crippen LogP contribution in [-0.4, -0.2) is 15.7 Å². The molecule has 0 amide bonds. The summed E-state index contributed by atoms with van der Waals surface area (Å²) in [6, 6.07) is 9.40. The zero-order valence-corrected chi connectivity index (χ0v) is 11.7. The Hall–Kier alpha value is -2.67. The second kappa shape index (κ2) is 7.20. The number of nitro groups is 1. The molecule has 1 heterocycles. The van der Waals surface area contributed by atoms with Crippen LogP contribution in [-0.2, 0) is 6.61 Å². The van der Waals surface area contributed by atoms with Gasteiger partial charge in [0, 0.05) is 18.3 Å². The SMILES string of the molecule is Cl.N=C(N)c1cccnc1OCc1cccc([N+](=O)[O-])c1. The van der Waals surface area contributed by atoms with Gasteiger partial charge in [0.05, 0.1) is 10.5 Å². The van der Waals surface area contributed by atoms with Crippen LogP contribution >= 0.6 is 12.4 Å². The van der Waals surface area contributed by atoms with Gasteiger partial charge in [-0.3, -0.25) is 15.5 Å². The van der Waals surface area contributed by atoms with E-state index in [2.05, 4.69) is 4.98 Å². The minimum absolute atomic E-state index is 0. The molecule has 2 aromatic rings. The first-order valence-electron chi connectivity index (χ1n) is 5.73. The highest BCUT2D eigenvalue weighted by molar-refractivity contribution is 5.96. The van der Waals surface area contributed by atoms with Gasteiger partial charge in [-0.25, -0.2) is 4.98 Å². The molecule has 0 saturated heterocycles. The van der Waals surface area contributed by atoms with E-state index in [9.17, 15) is 10.1 Å². The second-order valence-corrected chi connectivity index (χ2v) is 3.99. The summed E-state index contributed by atoms with van der Waals surface area (Å²) >= 11 is 0. The van der Waals surface area contributed by atoms with Crippen LogP contribution in [0.2, 0.25) is 0 Å². The number of nitrogens with zero attached hydrogens (tertiary/aromatic N) is 2. The zero-order valence-electron chi connectivity index (χ0n) is 10.9. The molecule has 7 nitrogen and oxygen atoms in total. The molecule has 110 valence electrons. The number of rotatable bonds is 5. The van der Waals surface area contributed by atoms with E-state index in [1.54, 1.807) is 24.3 Å². The van der Waals surface area contributed by atoms with E-state index in [1.165, 1.54) is 18.3 Å². The van der Waals surface area contributed by atoms with Gasteiger partial charge in [0.25, 0.3) is 5.69 Å². The molecule has 0 aliphatic rings. The molecule has 2 rings (SSSR count). The summed E-state index contributed by atoms with van der Waals surface area (Å²) in [4.78, 5) is 14.2. The molecular formula is C13H13ClN4O3. The Bertz CT molecular complexity index is 663. The Morgan fingerprint density at radius 2 is 2.14 bits per heavy atom. The van der Waals surface area contributed by atoms with Gasteiger partial charge in [0.15, 0.2) is 0 Å². The van der Waals surface area contributed by atoms with Crippen LogP contribution in [0.3, 0.4) is 0 Å². The van der Waals surface area contributed by atoms with Crippen molar-refractivity contribution in [2.75, 3.05) is 0 Å². The predicted molar refractivity (Wildman–Crippen MR) is 79.9 cm³/mol. The number of nitro benzene ring substituents is 1. The number of non-ortho nitro benzene ring substituents is 1. The number of pyridine rings is 1. The minimum Gasteiger partial charge on any atom is -0.472 e. The number of nitrogen functional groups attached to an aromatic ring is 1. The Kier molecular flexibility index (Phi) is 5.62. The maximum Gasteiger partial charge on any atom is 0.269 e. The standard InChI is InChI=1S/C13H12N4O3.ClH/c14-12(15)11-5-2-6-16-13(11)20-8-9-3-1-4-10(7-9)17(18)19;/h1-7H,8H2,(H3,14,15);1H. The Morgan fingerprint density at radius 3 is 2.81 bits per heavy atom. The Morgan fingerprint density at radius 1 is 1.38 bits per heavy atom. The number of aromatic nitrogens is 1. The van der Waals surface area contributed by atoms with E-state index >= 15 is 0 Å². The van der Waals surface area contributed by atoms with Crippen LogP contribution in [0, 0.1) is 15.5 Å². The van der Waals surface area contributed by atoms with Crippen molar-refractivity contribution < 1.29 is 9.66 Å². The van der Waals surface area contributed by atoms with Crippen molar-refractivity contribution >= 4 is 23.9 Å². The highest BCUT2D eigenvalue weighted by atomic mass is 35.5. The largest absolute Gasteiger partial charge is 0.472 e. The van der Waals surface area contributed by atoms with Crippen molar-refractivity contribution in [3.8, 4) is 5.88 Å². The molecule has 0 atom stereocenters. The average molecular weight is 309 g/mol. The van der Waals surface area contributed by atoms with E-state index in [0.29, 0.717) is 11.1 Å². The van der Waals surface area contributed by atoms with Crippen molar-refractivity contribution in [3.63, 3.8) is 0 Å². The maximum absolute atomic E-state index is 10.7. The summed E-state index contributed by atoms with van der Waals surface area (Å²) in [7, 11) is 0. The number of nitrogens with two attached hydrogens (primary N) is 1. The zero-order chi connectivity index (χ0) is 14.5. The molecule has 0 aliphatic heterocycles. The van der Waals surface area contributed by atoms with Crippen molar-refractivity contribution in [1.82, 2.24) is 4.98 Å². The lowest BCUT2D eigenvalue weighted by atomic mass is 10.2. The third kappa shape index (κ3) is 4.15. The number of amidine groups is 1. The normalized spacial score (nSPS) is 9.52. The lowest BCUT2D eigenvalue weighted by Crippen LogP contribution is -2.13. The molecule has 0 radical (unpaired) electrons. The topological polar surface area (TPSA) is 115 Å². The molecule has 0 unspecified atom stereocenters. The van der Waals surface area contributed by atoms with Gasteiger partial charge < -0.3 is 10.5 Å². The molecule has 8 heteroatoms. The van der Waals surface area contributed by atoms with Gasteiger partial charge in [-0.1, -0.05) is 12.1 Å². The molecular weight excluding hydrogens is 296 g/mol. The van der Waals surface area contributed by atoms with E-state index in [-0.39, 0.29) is 36.4 Å². The number of hydrogen-bond acceptors (Lipinski definition) is 5. The highest BCUT2D eigenvalue weighted by Crippen LogP contribution is 2.17. The number of ether oxygens (including phenoxy) is 1. The van der Waals surface area contributed by atoms with Gasteiger partial charge in [-0.15, -0.1) is 12.4 Å². The molecule has 0 fully saturated rings. The van der Waals surface area contributed by atoms with Crippen molar-refractivity contribution in [2.45, 2.75) is 6.61 Å². The monoisotopic (exact) mass is 308 g/mol. The van der Waals surface area contributed by atoms with Crippen LogP contribution < -0.4 is 10.5 Å². The van der Waals surface area contributed by atoms with Crippen LogP contribution in [0.4, 0.5) is 5.69 Å². The van der Waals surface area contributed by atoms with E-state index < -0.39 is 4.92 Å². The minimum atomic E-state index is -0.467. The summed E-state index contributed by atoms with van der Waals surface area (Å²) in [5.74, 6) is 0.0821. The molecule has 3 N–H and O–H groups in total. The summed E-state index contributed by atoms with van der Waals surface area (Å²) in [5.41, 5.74) is 6.45. The molecule has 0 saturated carbocycles. The first-order chi connectivity index (χ1) is 9.58. The fourth-order valence-corrected chi connectivity index (χ4v) is 1.62.